The summed E-state index contributed by atoms with van der Waals surface area (Å²) in [7, 11) is 0. The van der Waals surface area contributed by atoms with Crippen molar-refractivity contribution in [1.82, 2.24) is 0 Å². The minimum absolute atomic E-state index is 0.261. The maximum absolute atomic E-state index is 13.7. The monoisotopic (exact) mass is 409 g/mol. The standard InChI is InChI=1S/C25H25F2NO2/c1-15-2-3-20-11-19(9-8-18(20)10-15)16-4-6-17(7-5-16)25(29)30-21-12-23(26)22(14-28)24(27)13-21/h4-7,12-13,15,18-20H,2-3,8-11H2,1H3/t15-,18-,19?,20+/m0/s1. The number of carbonyl (C=O) groups is 1. The molecule has 2 aliphatic carbocycles. The van der Waals surface area contributed by atoms with Crippen LogP contribution in [0.3, 0.4) is 0 Å². The van der Waals surface area contributed by atoms with Gasteiger partial charge in [0.05, 0.1) is 5.56 Å². The first kappa shape index (κ1) is 20.5. The molecule has 0 saturated heterocycles. The lowest BCUT2D eigenvalue weighted by atomic mass is 9.64. The molecule has 0 heterocycles. The van der Waals surface area contributed by atoms with E-state index in [9.17, 15) is 13.6 Å². The second-order valence-corrected chi connectivity index (χ2v) is 8.83. The van der Waals surface area contributed by atoms with E-state index in [1.54, 1.807) is 12.1 Å². The van der Waals surface area contributed by atoms with Gasteiger partial charge in [0.1, 0.15) is 29.0 Å². The zero-order chi connectivity index (χ0) is 21.3. The minimum Gasteiger partial charge on any atom is -0.423 e. The van der Waals surface area contributed by atoms with Crippen molar-refractivity contribution in [3.05, 3.63) is 64.7 Å². The van der Waals surface area contributed by atoms with Crippen molar-refractivity contribution < 1.29 is 18.3 Å². The Labute approximate surface area is 175 Å². The summed E-state index contributed by atoms with van der Waals surface area (Å²) in [6, 6.07) is 10.5. The molecule has 0 aliphatic heterocycles. The number of carbonyl (C=O) groups excluding carboxylic acids is 1. The molecular formula is C25H25F2NO2. The molecule has 4 atom stereocenters. The molecule has 0 spiro atoms. The van der Waals surface area contributed by atoms with Crippen LogP contribution in [0.5, 0.6) is 5.75 Å². The summed E-state index contributed by atoms with van der Waals surface area (Å²) < 4.78 is 32.5. The molecule has 2 aliphatic rings. The smallest absolute Gasteiger partial charge is 0.343 e. The average Bonchev–Trinajstić information content (AvgIpc) is 2.73. The third kappa shape index (κ3) is 4.23. The highest BCUT2D eigenvalue weighted by Crippen LogP contribution is 2.47. The van der Waals surface area contributed by atoms with Crippen LogP contribution in [-0.4, -0.2) is 5.97 Å². The zero-order valence-electron chi connectivity index (χ0n) is 17.0. The van der Waals surface area contributed by atoms with E-state index in [1.165, 1.54) is 50.2 Å². The molecule has 2 fully saturated rings. The molecule has 4 rings (SSSR count). The Hall–Kier alpha value is -2.74. The highest BCUT2D eigenvalue weighted by Gasteiger charge is 2.34. The molecular weight excluding hydrogens is 384 g/mol. The number of hydrogen-bond donors (Lipinski definition) is 0. The minimum atomic E-state index is -1.05. The van der Waals surface area contributed by atoms with Gasteiger partial charge in [-0.1, -0.05) is 25.5 Å². The van der Waals surface area contributed by atoms with Crippen LogP contribution in [0.25, 0.3) is 0 Å². The summed E-state index contributed by atoms with van der Waals surface area (Å²) in [4.78, 5) is 12.4. The van der Waals surface area contributed by atoms with Crippen LogP contribution in [0.1, 0.15) is 72.9 Å². The number of nitrogens with zero attached hydrogens (tertiary/aromatic N) is 1. The Balaban J connectivity index is 1.41. The summed E-state index contributed by atoms with van der Waals surface area (Å²) in [6.45, 7) is 2.36. The van der Waals surface area contributed by atoms with E-state index in [0.717, 1.165) is 29.9 Å². The second-order valence-electron chi connectivity index (χ2n) is 8.83. The van der Waals surface area contributed by atoms with Crippen LogP contribution in [0.2, 0.25) is 0 Å². The lowest BCUT2D eigenvalue weighted by molar-refractivity contribution is 0.0734. The third-order valence-electron chi connectivity index (χ3n) is 6.83. The molecule has 0 radical (unpaired) electrons. The molecule has 5 heteroatoms. The molecule has 0 amide bonds. The van der Waals surface area contributed by atoms with Gasteiger partial charge >= 0.3 is 5.97 Å². The van der Waals surface area contributed by atoms with E-state index < -0.39 is 23.2 Å². The maximum atomic E-state index is 13.7. The fourth-order valence-electron chi connectivity index (χ4n) is 5.20. The van der Waals surface area contributed by atoms with Gasteiger partial charge in [0.25, 0.3) is 0 Å². The molecule has 30 heavy (non-hydrogen) atoms. The molecule has 2 aromatic rings. The summed E-state index contributed by atoms with van der Waals surface area (Å²) in [5.74, 6) is 0.000463. The number of hydrogen-bond acceptors (Lipinski definition) is 3. The number of halogens is 2. The first-order chi connectivity index (χ1) is 14.4. The predicted octanol–water partition coefficient (Wildman–Crippen LogP) is 6.38. The van der Waals surface area contributed by atoms with Crippen molar-refractivity contribution >= 4 is 5.97 Å². The van der Waals surface area contributed by atoms with E-state index >= 15 is 0 Å². The predicted molar refractivity (Wildman–Crippen MR) is 109 cm³/mol. The number of esters is 1. The van der Waals surface area contributed by atoms with Crippen molar-refractivity contribution in [2.45, 2.75) is 51.4 Å². The number of nitriles is 1. The average molecular weight is 409 g/mol. The molecule has 2 aromatic carbocycles. The van der Waals surface area contributed by atoms with Gasteiger partial charge < -0.3 is 4.74 Å². The van der Waals surface area contributed by atoms with E-state index in [1.807, 2.05) is 12.1 Å². The largest absolute Gasteiger partial charge is 0.423 e. The van der Waals surface area contributed by atoms with Gasteiger partial charge in [0, 0.05) is 12.1 Å². The first-order valence-electron chi connectivity index (χ1n) is 10.7. The van der Waals surface area contributed by atoms with Gasteiger partial charge in [-0.3, -0.25) is 0 Å². The lowest BCUT2D eigenvalue weighted by Gasteiger charge is -2.41. The summed E-state index contributed by atoms with van der Waals surface area (Å²) in [5.41, 5.74) is 0.865. The van der Waals surface area contributed by atoms with Gasteiger partial charge in [0.2, 0.25) is 0 Å². The van der Waals surface area contributed by atoms with Crippen molar-refractivity contribution in [3.63, 3.8) is 0 Å². The van der Waals surface area contributed by atoms with Gasteiger partial charge in [-0.15, -0.1) is 0 Å². The Morgan fingerprint density at radius 2 is 1.63 bits per heavy atom. The zero-order valence-corrected chi connectivity index (χ0v) is 17.0. The second kappa shape index (κ2) is 8.55. The summed E-state index contributed by atoms with van der Waals surface area (Å²) in [5, 5.41) is 8.72. The highest BCUT2D eigenvalue weighted by atomic mass is 19.1. The van der Waals surface area contributed by atoms with Crippen molar-refractivity contribution in [3.8, 4) is 11.8 Å². The van der Waals surface area contributed by atoms with Gasteiger partial charge in [0.15, 0.2) is 0 Å². The fraction of sp³-hybridized carbons (Fsp3) is 0.440. The normalized spacial score (nSPS) is 25.8. The molecule has 1 unspecified atom stereocenters. The summed E-state index contributed by atoms with van der Waals surface area (Å²) in [6.07, 6.45) is 7.68. The Kier molecular flexibility index (Phi) is 5.85. The Morgan fingerprint density at radius 3 is 2.30 bits per heavy atom. The van der Waals surface area contributed by atoms with Crippen molar-refractivity contribution in [1.29, 1.82) is 5.26 Å². The topological polar surface area (TPSA) is 50.1 Å². The van der Waals surface area contributed by atoms with Gasteiger partial charge in [-0.25, -0.2) is 13.6 Å². The molecule has 2 saturated carbocycles. The Morgan fingerprint density at radius 1 is 1.00 bits per heavy atom. The maximum Gasteiger partial charge on any atom is 0.343 e. The highest BCUT2D eigenvalue weighted by molar-refractivity contribution is 5.91. The van der Waals surface area contributed by atoms with Crippen molar-refractivity contribution in [2.75, 3.05) is 0 Å². The van der Waals surface area contributed by atoms with E-state index in [0.29, 0.717) is 11.5 Å². The van der Waals surface area contributed by atoms with Crippen LogP contribution in [0.15, 0.2) is 36.4 Å². The van der Waals surface area contributed by atoms with E-state index in [4.69, 9.17) is 10.00 Å². The number of rotatable bonds is 3. The van der Waals surface area contributed by atoms with Crippen LogP contribution in [0.4, 0.5) is 8.78 Å². The van der Waals surface area contributed by atoms with E-state index in [-0.39, 0.29) is 5.75 Å². The number of benzene rings is 2. The van der Waals surface area contributed by atoms with Crippen LogP contribution >= 0.6 is 0 Å². The summed E-state index contributed by atoms with van der Waals surface area (Å²) >= 11 is 0. The molecule has 3 nitrogen and oxygen atoms in total. The third-order valence-corrected chi connectivity index (χ3v) is 6.83. The van der Waals surface area contributed by atoms with Crippen LogP contribution in [0, 0.1) is 40.7 Å². The van der Waals surface area contributed by atoms with Gasteiger partial charge in [-0.05, 0) is 73.5 Å². The molecule has 156 valence electrons. The van der Waals surface area contributed by atoms with Gasteiger partial charge in [-0.2, -0.15) is 5.26 Å². The number of fused-ring (bicyclic) bond motifs is 1. The van der Waals surface area contributed by atoms with E-state index in [2.05, 4.69) is 6.92 Å². The SMILES string of the molecule is C[C@H]1CC[C@@H]2CC(c3ccc(C(=O)Oc4cc(F)c(C#N)c(F)c4)cc3)CC[C@H]2C1. The van der Waals surface area contributed by atoms with Crippen LogP contribution < -0.4 is 4.74 Å². The lowest BCUT2D eigenvalue weighted by Crippen LogP contribution is -2.29. The fourth-order valence-corrected chi connectivity index (χ4v) is 5.20. The number of ether oxygens (including phenoxy) is 1. The molecule has 0 aromatic heterocycles. The quantitative estimate of drug-likeness (QED) is 0.437. The molecule has 0 N–H and O–H groups in total. The van der Waals surface area contributed by atoms with Crippen LogP contribution in [-0.2, 0) is 0 Å². The molecule has 0 bridgehead atoms. The first-order valence-corrected chi connectivity index (χ1v) is 10.7. The Bertz CT molecular complexity index is 957. The van der Waals surface area contributed by atoms with Crippen molar-refractivity contribution in [2.24, 2.45) is 17.8 Å².